The highest BCUT2D eigenvalue weighted by atomic mass is 35.5. The first-order chi connectivity index (χ1) is 14.3. The summed E-state index contributed by atoms with van der Waals surface area (Å²) in [7, 11) is 3.84. The molecule has 1 aromatic heterocycles. The third kappa shape index (κ3) is 4.70. The van der Waals surface area contributed by atoms with Crippen molar-refractivity contribution in [3.63, 3.8) is 0 Å². The molecule has 0 saturated carbocycles. The van der Waals surface area contributed by atoms with E-state index in [1.54, 1.807) is 31.2 Å². The van der Waals surface area contributed by atoms with Crippen molar-refractivity contribution in [3.05, 3.63) is 80.2 Å². The molecule has 0 radical (unpaired) electrons. The standard InChI is InChI=1S/C23H19ClN2O4/c1-14-8-21-19(11-20(14)24)17(10-22(27)30-21)13-29-23(28)16(12-25)9-15-4-6-18(7-5-15)26(2)3/h4-11H,13H2,1-3H3/b16-9+. The predicted octanol–water partition coefficient (Wildman–Crippen LogP) is 4.47. The highest BCUT2D eigenvalue weighted by molar-refractivity contribution is 6.32. The highest BCUT2D eigenvalue weighted by Crippen LogP contribution is 2.25. The first kappa shape index (κ1) is 21.2. The molecule has 1 heterocycles. The normalized spacial score (nSPS) is 11.2. The van der Waals surface area contributed by atoms with E-state index in [1.807, 2.05) is 37.2 Å². The Hall–Kier alpha value is -3.56. The fourth-order valence-electron chi connectivity index (χ4n) is 2.86. The number of carbonyl (C=O) groups excluding carboxylic acids is 1. The Bertz CT molecular complexity index is 1240. The van der Waals surface area contributed by atoms with Gasteiger partial charge in [0.1, 0.15) is 23.8 Å². The van der Waals surface area contributed by atoms with E-state index >= 15 is 0 Å². The summed E-state index contributed by atoms with van der Waals surface area (Å²) >= 11 is 6.17. The minimum Gasteiger partial charge on any atom is -0.457 e. The number of ether oxygens (including phenoxy) is 1. The first-order valence-corrected chi connectivity index (χ1v) is 9.45. The van der Waals surface area contributed by atoms with Crippen LogP contribution in [0.4, 0.5) is 5.69 Å². The van der Waals surface area contributed by atoms with Crippen LogP contribution in [-0.4, -0.2) is 20.1 Å². The van der Waals surface area contributed by atoms with E-state index in [9.17, 15) is 14.9 Å². The molecular formula is C23H19ClN2O4. The fraction of sp³-hybridized carbons (Fsp3) is 0.174. The number of anilines is 1. The van der Waals surface area contributed by atoms with E-state index in [-0.39, 0.29) is 12.2 Å². The Morgan fingerprint density at radius 2 is 1.93 bits per heavy atom. The zero-order valence-corrected chi connectivity index (χ0v) is 17.5. The molecule has 0 N–H and O–H groups in total. The van der Waals surface area contributed by atoms with Crippen LogP contribution in [-0.2, 0) is 16.1 Å². The first-order valence-electron chi connectivity index (χ1n) is 9.07. The summed E-state index contributed by atoms with van der Waals surface area (Å²) < 4.78 is 10.5. The van der Waals surface area contributed by atoms with E-state index < -0.39 is 11.6 Å². The van der Waals surface area contributed by atoms with Gasteiger partial charge in [-0.2, -0.15) is 5.26 Å². The van der Waals surface area contributed by atoms with Crippen molar-refractivity contribution in [2.24, 2.45) is 0 Å². The van der Waals surface area contributed by atoms with Crippen molar-refractivity contribution in [1.82, 2.24) is 0 Å². The van der Waals surface area contributed by atoms with Gasteiger partial charge in [0, 0.05) is 41.8 Å². The summed E-state index contributed by atoms with van der Waals surface area (Å²) in [6.07, 6.45) is 1.46. The zero-order valence-electron chi connectivity index (χ0n) is 16.7. The number of hydrogen-bond donors (Lipinski definition) is 0. The minimum atomic E-state index is -0.784. The van der Waals surface area contributed by atoms with Crippen LogP contribution in [0.5, 0.6) is 0 Å². The van der Waals surface area contributed by atoms with E-state index in [0.29, 0.717) is 27.1 Å². The van der Waals surface area contributed by atoms with Gasteiger partial charge in [0.25, 0.3) is 0 Å². The van der Waals surface area contributed by atoms with Crippen molar-refractivity contribution in [3.8, 4) is 6.07 Å². The largest absolute Gasteiger partial charge is 0.457 e. The van der Waals surface area contributed by atoms with Gasteiger partial charge in [-0.05, 0) is 48.4 Å². The number of nitriles is 1. The topological polar surface area (TPSA) is 83.5 Å². The number of halogens is 1. The van der Waals surface area contributed by atoms with E-state index in [1.165, 1.54) is 12.1 Å². The number of aryl methyl sites for hydroxylation is 1. The summed E-state index contributed by atoms with van der Waals surface area (Å²) in [5.74, 6) is -0.784. The lowest BCUT2D eigenvalue weighted by molar-refractivity contribution is -0.139. The Balaban J connectivity index is 1.82. The van der Waals surface area contributed by atoms with Gasteiger partial charge < -0.3 is 14.1 Å². The lowest BCUT2D eigenvalue weighted by atomic mass is 10.1. The van der Waals surface area contributed by atoms with Gasteiger partial charge in [0.15, 0.2) is 0 Å². The molecule has 0 aliphatic rings. The maximum Gasteiger partial charge on any atom is 0.349 e. The summed E-state index contributed by atoms with van der Waals surface area (Å²) in [6, 6.07) is 13.8. The Kier molecular flexibility index (Phi) is 6.24. The molecule has 0 unspecified atom stereocenters. The van der Waals surface area contributed by atoms with Gasteiger partial charge in [0.05, 0.1) is 0 Å². The van der Waals surface area contributed by atoms with Crippen molar-refractivity contribution in [1.29, 1.82) is 5.26 Å². The molecule has 0 fully saturated rings. The fourth-order valence-corrected chi connectivity index (χ4v) is 3.02. The molecule has 30 heavy (non-hydrogen) atoms. The van der Waals surface area contributed by atoms with Crippen LogP contribution in [0.1, 0.15) is 16.7 Å². The van der Waals surface area contributed by atoms with Gasteiger partial charge >= 0.3 is 11.6 Å². The molecule has 0 aliphatic carbocycles. The van der Waals surface area contributed by atoms with E-state index in [0.717, 1.165) is 11.3 Å². The second-order valence-electron chi connectivity index (χ2n) is 6.92. The van der Waals surface area contributed by atoms with E-state index in [4.69, 9.17) is 20.8 Å². The summed E-state index contributed by atoms with van der Waals surface area (Å²) in [6.45, 7) is 1.60. The number of rotatable bonds is 5. The molecule has 3 aromatic rings. The molecule has 0 bridgehead atoms. The monoisotopic (exact) mass is 422 g/mol. The predicted molar refractivity (Wildman–Crippen MR) is 116 cm³/mol. The third-order valence-corrected chi connectivity index (χ3v) is 4.94. The quantitative estimate of drug-likeness (QED) is 0.261. The molecule has 0 atom stereocenters. The number of esters is 1. The smallest absolute Gasteiger partial charge is 0.349 e. The van der Waals surface area contributed by atoms with Crippen LogP contribution in [0, 0.1) is 18.3 Å². The molecule has 3 rings (SSSR count). The second-order valence-corrected chi connectivity index (χ2v) is 7.33. The van der Waals surface area contributed by atoms with E-state index in [2.05, 4.69) is 0 Å². The van der Waals surface area contributed by atoms with Crippen LogP contribution < -0.4 is 10.5 Å². The summed E-state index contributed by atoms with van der Waals surface area (Å²) in [5, 5.41) is 10.4. The number of benzene rings is 2. The van der Waals surface area contributed by atoms with Crippen LogP contribution in [0.25, 0.3) is 17.0 Å². The summed E-state index contributed by atoms with van der Waals surface area (Å²) in [4.78, 5) is 26.2. The van der Waals surface area contributed by atoms with Crippen molar-refractivity contribution in [2.75, 3.05) is 19.0 Å². The average molecular weight is 423 g/mol. The van der Waals surface area contributed by atoms with Gasteiger partial charge in [0.2, 0.25) is 0 Å². The Morgan fingerprint density at radius 1 is 1.23 bits per heavy atom. The maximum atomic E-state index is 12.4. The van der Waals surface area contributed by atoms with Crippen LogP contribution in [0.3, 0.4) is 0 Å². The SMILES string of the molecule is Cc1cc2oc(=O)cc(COC(=O)/C(C#N)=C/c3ccc(N(C)C)cc3)c2cc1Cl. The maximum absolute atomic E-state index is 12.4. The second kappa shape index (κ2) is 8.85. The molecule has 2 aromatic carbocycles. The molecule has 0 saturated heterocycles. The Morgan fingerprint density at radius 3 is 2.57 bits per heavy atom. The highest BCUT2D eigenvalue weighted by Gasteiger charge is 2.14. The molecule has 7 heteroatoms. The lowest BCUT2D eigenvalue weighted by Crippen LogP contribution is -2.09. The molecule has 0 spiro atoms. The van der Waals surface area contributed by atoms with Gasteiger partial charge in [-0.1, -0.05) is 23.7 Å². The number of nitrogens with zero attached hydrogens (tertiary/aromatic N) is 2. The van der Waals surface area contributed by atoms with Gasteiger partial charge in [-0.25, -0.2) is 9.59 Å². The minimum absolute atomic E-state index is 0.145. The van der Waals surface area contributed by atoms with Gasteiger partial charge in [-0.3, -0.25) is 0 Å². The molecular weight excluding hydrogens is 404 g/mol. The number of fused-ring (bicyclic) bond motifs is 1. The number of carbonyl (C=O) groups is 1. The third-order valence-electron chi connectivity index (χ3n) is 4.53. The Labute approximate surface area is 178 Å². The molecule has 152 valence electrons. The molecule has 6 nitrogen and oxygen atoms in total. The van der Waals surface area contributed by atoms with Gasteiger partial charge in [-0.15, -0.1) is 0 Å². The van der Waals surface area contributed by atoms with Crippen LogP contribution >= 0.6 is 11.6 Å². The van der Waals surface area contributed by atoms with Crippen molar-refractivity contribution in [2.45, 2.75) is 13.5 Å². The zero-order chi connectivity index (χ0) is 21.8. The molecule has 0 aliphatic heterocycles. The van der Waals surface area contributed by atoms with Crippen molar-refractivity contribution < 1.29 is 13.9 Å². The lowest BCUT2D eigenvalue weighted by Gasteiger charge is -2.12. The van der Waals surface area contributed by atoms with Crippen molar-refractivity contribution >= 4 is 40.3 Å². The number of hydrogen-bond acceptors (Lipinski definition) is 6. The summed E-state index contributed by atoms with van der Waals surface area (Å²) in [5.41, 5.74) is 2.55. The molecule has 0 amide bonds. The average Bonchev–Trinajstić information content (AvgIpc) is 2.71. The van der Waals surface area contributed by atoms with Crippen LogP contribution in [0.15, 0.2) is 57.2 Å². The van der Waals surface area contributed by atoms with Crippen LogP contribution in [0.2, 0.25) is 5.02 Å².